The molecule has 1 atom stereocenters. The predicted molar refractivity (Wildman–Crippen MR) is 76.9 cm³/mol. The van der Waals surface area contributed by atoms with E-state index in [1.165, 1.54) is 12.1 Å². The normalized spacial score (nSPS) is 22.4. The third-order valence-electron chi connectivity index (χ3n) is 4.26. The largest absolute Gasteiger partial charge is 1.00 e. The second kappa shape index (κ2) is 5.54. The van der Waals surface area contributed by atoms with Crippen LogP contribution in [0, 0.1) is 10.1 Å². The number of hydrogen-bond acceptors (Lipinski definition) is 5. The van der Waals surface area contributed by atoms with Gasteiger partial charge in [0.2, 0.25) is 5.72 Å². The summed E-state index contributed by atoms with van der Waals surface area (Å²) in [6.45, 7) is 0.366. The van der Waals surface area contributed by atoms with E-state index in [4.69, 9.17) is 0 Å². The van der Waals surface area contributed by atoms with Gasteiger partial charge in [-0.25, -0.2) is 9.47 Å². The summed E-state index contributed by atoms with van der Waals surface area (Å²) < 4.78 is 1.92. The zero-order chi connectivity index (χ0) is 15.3. The molecule has 0 saturated heterocycles. The van der Waals surface area contributed by atoms with E-state index >= 15 is 0 Å². The van der Waals surface area contributed by atoms with Crippen LogP contribution in [0.2, 0.25) is 0 Å². The van der Waals surface area contributed by atoms with Gasteiger partial charge in [0, 0.05) is 23.8 Å². The molecule has 1 N–H and O–H groups in total. The molecule has 0 radical (unpaired) electrons. The molecule has 1 aromatic heterocycles. The zero-order valence-electron chi connectivity index (χ0n) is 12.2. The number of nitrogens with zero attached hydrogens (tertiary/aromatic N) is 4. The van der Waals surface area contributed by atoms with Crippen LogP contribution in [0.25, 0.3) is 0 Å². The van der Waals surface area contributed by atoms with Gasteiger partial charge in [-0.1, -0.05) is 4.98 Å². The summed E-state index contributed by atoms with van der Waals surface area (Å²) in [7, 11) is 0. The van der Waals surface area contributed by atoms with Gasteiger partial charge in [0.1, 0.15) is 12.7 Å². The lowest BCUT2D eigenvalue weighted by Crippen LogP contribution is -3.00. The lowest BCUT2D eigenvalue weighted by Gasteiger charge is -2.28. The smallest absolute Gasteiger partial charge is 0.397 e. The Bertz CT molecular complexity index is 751. The van der Waals surface area contributed by atoms with Gasteiger partial charge < -0.3 is 22.1 Å². The van der Waals surface area contributed by atoms with Crippen molar-refractivity contribution < 1.29 is 31.6 Å². The van der Waals surface area contributed by atoms with E-state index in [0.717, 1.165) is 18.8 Å². The van der Waals surface area contributed by atoms with E-state index in [9.17, 15) is 15.2 Å². The number of nitro groups is 1. The SMILES string of the molecule is O=[N+]([O-])c1ccc([C@]2(O)C[n+]3cccnc3N2C2CC2)cc1.[Br-]. The van der Waals surface area contributed by atoms with Crippen molar-refractivity contribution in [3.63, 3.8) is 0 Å². The number of benzene rings is 1. The maximum Gasteiger partial charge on any atom is 0.397 e. The molecule has 4 rings (SSSR count). The molecular weight excluding hydrogens is 364 g/mol. The molecule has 120 valence electrons. The molecule has 23 heavy (non-hydrogen) atoms. The molecule has 1 aromatic carbocycles. The maximum atomic E-state index is 11.3. The first-order valence-corrected chi connectivity index (χ1v) is 7.21. The van der Waals surface area contributed by atoms with Gasteiger partial charge in [-0.05, 0) is 25.0 Å². The van der Waals surface area contributed by atoms with Gasteiger partial charge in [0.15, 0.2) is 0 Å². The number of hydrogen-bond donors (Lipinski definition) is 1. The molecule has 1 aliphatic carbocycles. The van der Waals surface area contributed by atoms with E-state index in [-0.39, 0.29) is 28.7 Å². The molecule has 2 aliphatic rings. The molecular formula is C15H15BrN4O3. The number of anilines is 1. The summed E-state index contributed by atoms with van der Waals surface area (Å²) in [6.07, 6.45) is 5.64. The number of nitro benzene ring substituents is 1. The zero-order valence-corrected chi connectivity index (χ0v) is 13.8. The Labute approximate surface area is 143 Å². The molecule has 0 bridgehead atoms. The minimum atomic E-state index is -1.21. The Balaban J connectivity index is 0.00000156. The Morgan fingerprint density at radius 3 is 2.65 bits per heavy atom. The highest BCUT2D eigenvalue weighted by Gasteiger charge is 2.57. The van der Waals surface area contributed by atoms with E-state index in [2.05, 4.69) is 4.98 Å². The van der Waals surface area contributed by atoms with Crippen molar-refractivity contribution in [2.45, 2.75) is 31.2 Å². The van der Waals surface area contributed by atoms with Gasteiger partial charge in [-0.2, -0.15) is 0 Å². The average molecular weight is 379 g/mol. The van der Waals surface area contributed by atoms with Gasteiger partial charge in [-0.15, -0.1) is 0 Å². The van der Waals surface area contributed by atoms with Gasteiger partial charge in [0.25, 0.3) is 5.69 Å². The number of aliphatic hydroxyl groups is 1. The first-order valence-electron chi connectivity index (χ1n) is 7.21. The lowest BCUT2D eigenvalue weighted by molar-refractivity contribution is -0.685. The Hall–Kier alpha value is -2.06. The number of aromatic nitrogens is 2. The Morgan fingerprint density at radius 2 is 2.04 bits per heavy atom. The monoisotopic (exact) mass is 378 g/mol. The highest BCUT2D eigenvalue weighted by Crippen LogP contribution is 2.42. The van der Waals surface area contributed by atoms with Crippen LogP contribution in [-0.4, -0.2) is 21.1 Å². The minimum absolute atomic E-state index is 0. The van der Waals surface area contributed by atoms with Crippen LogP contribution in [0.4, 0.5) is 11.6 Å². The van der Waals surface area contributed by atoms with E-state index in [1.807, 2.05) is 21.7 Å². The number of rotatable bonds is 3. The van der Waals surface area contributed by atoms with Gasteiger partial charge in [-0.3, -0.25) is 10.1 Å². The maximum absolute atomic E-state index is 11.3. The lowest BCUT2D eigenvalue weighted by atomic mass is 10.0. The highest BCUT2D eigenvalue weighted by atomic mass is 79.9. The number of non-ortho nitro benzene ring substituents is 1. The standard InChI is InChI=1S/C15H15N4O3.BrH/c20-15(11-2-4-13(5-3-11)19(21)22)10-17-9-1-8-16-14(17)18(15)12-6-7-12;/h1-5,8-9,12,20H,6-7,10H2;1H/q+1;/p-1/t15-;/m1./s1. The molecule has 0 spiro atoms. The molecule has 1 fully saturated rings. The third kappa shape index (κ3) is 2.47. The first-order chi connectivity index (χ1) is 10.6. The fourth-order valence-electron chi connectivity index (χ4n) is 3.07. The summed E-state index contributed by atoms with van der Waals surface area (Å²) in [6, 6.07) is 8.21. The molecule has 0 amide bonds. The quantitative estimate of drug-likeness (QED) is 0.383. The van der Waals surface area contributed by atoms with Gasteiger partial charge >= 0.3 is 5.95 Å². The van der Waals surface area contributed by atoms with E-state index in [1.54, 1.807) is 18.3 Å². The fraction of sp³-hybridized carbons (Fsp3) is 0.333. The van der Waals surface area contributed by atoms with Crippen molar-refractivity contribution in [2.24, 2.45) is 0 Å². The molecule has 7 nitrogen and oxygen atoms in total. The van der Waals surface area contributed by atoms with Crippen LogP contribution in [0.15, 0.2) is 42.7 Å². The summed E-state index contributed by atoms with van der Waals surface area (Å²) in [5.41, 5.74) is -0.542. The van der Waals surface area contributed by atoms with Crippen LogP contribution in [0.1, 0.15) is 18.4 Å². The summed E-state index contributed by atoms with van der Waals surface area (Å²) in [5.74, 6) is 0.742. The summed E-state index contributed by atoms with van der Waals surface area (Å²) >= 11 is 0. The fourth-order valence-corrected chi connectivity index (χ4v) is 3.07. The summed E-state index contributed by atoms with van der Waals surface area (Å²) in [5, 5.41) is 22.1. The van der Waals surface area contributed by atoms with Crippen molar-refractivity contribution in [1.82, 2.24) is 4.98 Å². The average Bonchev–Trinajstić information content (AvgIpc) is 3.29. The van der Waals surface area contributed by atoms with Gasteiger partial charge in [0.05, 0.1) is 17.2 Å². The molecule has 1 saturated carbocycles. The summed E-state index contributed by atoms with van der Waals surface area (Å²) in [4.78, 5) is 16.7. The van der Waals surface area contributed by atoms with Crippen LogP contribution in [0.3, 0.4) is 0 Å². The molecule has 8 heteroatoms. The third-order valence-corrected chi connectivity index (χ3v) is 4.26. The van der Waals surface area contributed by atoms with E-state index in [0.29, 0.717) is 12.1 Å². The second-order valence-electron chi connectivity index (χ2n) is 5.77. The first kappa shape index (κ1) is 15.8. The van der Waals surface area contributed by atoms with Crippen LogP contribution < -0.4 is 26.4 Å². The van der Waals surface area contributed by atoms with Crippen molar-refractivity contribution in [1.29, 1.82) is 0 Å². The van der Waals surface area contributed by atoms with Crippen molar-refractivity contribution >= 4 is 11.6 Å². The Morgan fingerprint density at radius 1 is 1.35 bits per heavy atom. The van der Waals surface area contributed by atoms with Crippen molar-refractivity contribution in [3.05, 3.63) is 58.4 Å². The topological polar surface area (TPSA) is 83.4 Å². The Kier molecular flexibility index (Phi) is 3.81. The molecule has 2 heterocycles. The molecule has 2 aromatic rings. The van der Waals surface area contributed by atoms with E-state index < -0.39 is 10.6 Å². The number of halogens is 1. The molecule has 1 aliphatic heterocycles. The van der Waals surface area contributed by atoms with Crippen molar-refractivity contribution in [2.75, 3.05) is 4.90 Å². The van der Waals surface area contributed by atoms with Crippen LogP contribution in [0.5, 0.6) is 0 Å². The van der Waals surface area contributed by atoms with Crippen LogP contribution in [-0.2, 0) is 12.3 Å². The predicted octanol–water partition coefficient (Wildman–Crippen LogP) is -1.89. The highest BCUT2D eigenvalue weighted by molar-refractivity contribution is 5.44. The minimum Gasteiger partial charge on any atom is -1.00 e. The second-order valence-corrected chi connectivity index (χ2v) is 5.77. The molecule has 0 unspecified atom stereocenters. The van der Waals surface area contributed by atoms with Crippen LogP contribution >= 0.6 is 0 Å². The number of fused-ring (bicyclic) bond motifs is 1. The van der Waals surface area contributed by atoms with Crippen molar-refractivity contribution in [3.8, 4) is 0 Å².